The average Bonchev–Trinajstić information content (AvgIpc) is 2.69. The summed E-state index contributed by atoms with van der Waals surface area (Å²) in [6, 6.07) is 1.30. The maximum absolute atomic E-state index is 13.7. The Hall–Kier alpha value is -1.46. The van der Waals surface area contributed by atoms with Crippen molar-refractivity contribution in [2.24, 2.45) is 12.8 Å². The summed E-state index contributed by atoms with van der Waals surface area (Å²) in [5.74, 6) is -0.580. The Bertz CT molecular complexity index is 568. The van der Waals surface area contributed by atoms with Crippen molar-refractivity contribution in [2.75, 3.05) is 0 Å². The number of aromatic nitrogens is 2. The van der Waals surface area contributed by atoms with Crippen LogP contribution in [0.4, 0.5) is 8.78 Å². The molecule has 1 aromatic heterocycles. The smallest absolute Gasteiger partial charge is 0.142 e. The van der Waals surface area contributed by atoms with E-state index in [0.717, 1.165) is 12.1 Å². The van der Waals surface area contributed by atoms with Crippen molar-refractivity contribution in [2.45, 2.75) is 12.5 Å². The molecule has 0 aliphatic carbocycles. The third kappa shape index (κ3) is 2.52. The molecule has 0 saturated carbocycles. The molecule has 0 saturated heterocycles. The molecule has 6 heteroatoms. The first-order valence-corrected chi connectivity index (χ1v) is 5.73. The van der Waals surface area contributed by atoms with Crippen molar-refractivity contribution in [1.29, 1.82) is 0 Å². The van der Waals surface area contributed by atoms with Gasteiger partial charge in [0.1, 0.15) is 17.5 Å². The summed E-state index contributed by atoms with van der Waals surface area (Å²) in [6.07, 6.45) is 3.71. The van der Waals surface area contributed by atoms with Crippen LogP contribution in [0, 0.1) is 11.6 Å². The molecule has 0 bridgehead atoms. The summed E-state index contributed by atoms with van der Waals surface area (Å²) < 4.78 is 28.7. The van der Waals surface area contributed by atoms with Crippen LogP contribution in [0.5, 0.6) is 0 Å². The number of rotatable bonds is 3. The molecule has 0 aliphatic heterocycles. The van der Waals surface area contributed by atoms with Crippen LogP contribution >= 0.6 is 11.6 Å². The van der Waals surface area contributed by atoms with E-state index >= 15 is 0 Å². The molecule has 0 radical (unpaired) electrons. The maximum Gasteiger partial charge on any atom is 0.142 e. The topological polar surface area (TPSA) is 43.8 Å². The molecular weight excluding hydrogens is 260 g/mol. The van der Waals surface area contributed by atoms with E-state index in [2.05, 4.69) is 4.98 Å². The Morgan fingerprint density at radius 1 is 1.39 bits per heavy atom. The molecule has 1 aromatic carbocycles. The van der Waals surface area contributed by atoms with Gasteiger partial charge in [-0.25, -0.2) is 13.8 Å². The van der Waals surface area contributed by atoms with E-state index in [-0.39, 0.29) is 10.6 Å². The van der Waals surface area contributed by atoms with Crippen molar-refractivity contribution in [3.8, 4) is 0 Å². The molecule has 2 rings (SSSR count). The zero-order valence-corrected chi connectivity index (χ0v) is 10.5. The number of aryl methyl sites for hydroxylation is 1. The van der Waals surface area contributed by atoms with Gasteiger partial charge >= 0.3 is 0 Å². The van der Waals surface area contributed by atoms with Crippen LogP contribution < -0.4 is 5.73 Å². The van der Waals surface area contributed by atoms with E-state index < -0.39 is 17.7 Å². The number of hydrogen-bond donors (Lipinski definition) is 1. The fourth-order valence-electron chi connectivity index (χ4n) is 1.72. The molecule has 2 aromatic rings. The normalized spacial score (nSPS) is 12.7. The Labute approximate surface area is 108 Å². The highest BCUT2D eigenvalue weighted by Gasteiger charge is 2.17. The fraction of sp³-hybridized carbons (Fsp3) is 0.250. The minimum absolute atomic E-state index is 0.0971. The van der Waals surface area contributed by atoms with Gasteiger partial charge in [0.15, 0.2) is 0 Å². The third-order valence-corrected chi connectivity index (χ3v) is 3.05. The van der Waals surface area contributed by atoms with Crippen LogP contribution in [0.25, 0.3) is 0 Å². The predicted molar refractivity (Wildman–Crippen MR) is 65.2 cm³/mol. The molecule has 0 fully saturated rings. The Morgan fingerprint density at radius 3 is 2.72 bits per heavy atom. The molecular formula is C12H12ClF2N3. The second-order valence-electron chi connectivity index (χ2n) is 4.05. The summed E-state index contributed by atoms with van der Waals surface area (Å²) in [5, 5.41) is -0.250. The van der Waals surface area contributed by atoms with Crippen molar-refractivity contribution in [3.05, 3.63) is 52.6 Å². The quantitative estimate of drug-likeness (QED) is 0.872. The van der Waals surface area contributed by atoms with Crippen LogP contribution in [0.1, 0.15) is 17.4 Å². The standard InChI is InChI=1S/C12H12ClF2N3/c1-18-3-2-17-12(18)6-11(16)7-4-10(15)8(13)5-9(7)14/h2-5,11H,6,16H2,1H3. The average molecular weight is 272 g/mol. The molecule has 18 heavy (non-hydrogen) atoms. The molecule has 1 atom stereocenters. The van der Waals surface area contributed by atoms with Gasteiger partial charge < -0.3 is 10.3 Å². The third-order valence-electron chi connectivity index (χ3n) is 2.76. The first kappa shape index (κ1) is 13.0. The van der Waals surface area contributed by atoms with Crippen LogP contribution in [0.15, 0.2) is 24.5 Å². The van der Waals surface area contributed by atoms with E-state index in [1.807, 2.05) is 7.05 Å². The minimum Gasteiger partial charge on any atom is -0.338 e. The molecule has 0 aliphatic rings. The van der Waals surface area contributed by atoms with Crippen molar-refractivity contribution in [1.82, 2.24) is 9.55 Å². The number of imidazole rings is 1. The number of nitrogens with zero attached hydrogens (tertiary/aromatic N) is 2. The highest BCUT2D eigenvalue weighted by molar-refractivity contribution is 6.30. The van der Waals surface area contributed by atoms with Gasteiger partial charge in [-0.15, -0.1) is 0 Å². The van der Waals surface area contributed by atoms with Crippen LogP contribution in [0.2, 0.25) is 5.02 Å². The summed E-state index contributed by atoms with van der Waals surface area (Å²) in [4.78, 5) is 4.09. The molecule has 1 heterocycles. The summed E-state index contributed by atoms with van der Waals surface area (Å²) in [5.41, 5.74) is 5.97. The number of benzene rings is 1. The van der Waals surface area contributed by atoms with Crippen LogP contribution in [-0.2, 0) is 13.5 Å². The number of hydrogen-bond acceptors (Lipinski definition) is 2. The molecule has 96 valence electrons. The van der Waals surface area contributed by atoms with E-state index in [1.165, 1.54) is 0 Å². The first-order chi connectivity index (χ1) is 8.49. The molecule has 3 nitrogen and oxygen atoms in total. The lowest BCUT2D eigenvalue weighted by molar-refractivity contribution is 0.554. The van der Waals surface area contributed by atoms with Gasteiger partial charge in [-0.1, -0.05) is 11.6 Å². The zero-order chi connectivity index (χ0) is 13.3. The first-order valence-electron chi connectivity index (χ1n) is 5.35. The van der Waals surface area contributed by atoms with Gasteiger partial charge in [-0.2, -0.15) is 0 Å². The van der Waals surface area contributed by atoms with Gasteiger partial charge in [0.2, 0.25) is 0 Å². The highest BCUT2D eigenvalue weighted by atomic mass is 35.5. The maximum atomic E-state index is 13.7. The van der Waals surface area contributed by atoms with Crippen LogP contribution in [-0.4, -0.2) is 9.55 Å². The second kappa shape index (κ2) is 5.04. The fourth-order valence-corrected chi connectivity index (χ4v) is 1.87. The highest BCUT2D eigenvalue weighted by Crippen LogP contribution is 2.24. The largest absolute Gasteiger partial charge is 0.338 e. The zero-order valence-electron chi connectivity index (χ0n) is 9.70. The van der Waals surface area contributed by atoms with E-state index in [0.29, 0.717) is 12.2 Å². The number of nitrogens with two attached hydrogens (primary N) is 1. The lowest BCUT2D eigenvalue weighted by atomic mass is 10.0. The molecule has 0 spiro atoms. The van der Waals surface area contributed by atoms with Crippen molar-refractivity contribution < 1.29 is 8.78 Å². The monoisotopic (exact) mass is 271 g/mol. The van der Waals surface area contributed by atoms with Crippen molar-refractivity contribution >= 4 is 11.6 Å². The molecule has 2 N–H and O–H groups in total. The van der Waals surface area contributed by atoms with Gasteiger partial charge in [0.05, 0.1) is 5.02 Å². The molecule has 1 unspecified atom stereocenters. The van der Waals surface area contributed by atoms with Gasteiger partial charge in [0, 0.05) is 37.5 Å². The Morgan fingerprint density at radius 2 is 2.11 bits per heavy atom. The van der Waals surface area contributed by atoms with Gasteiger partial charge in [-0.05, 0) is 12.1 Å². The predicted octanol–water partition coefficient (Wildman–Crippen LogP) is 2.59. The van der Waals surface area contributed by atoms with E-state index in [4.69, 9.17) is 17.3 Å². The van der Waals surface area contributed by atoms with Gasteiger partial charge in [0.25, 0.3) is 0 Å². The molecule has 0 amide bonds. The second-order valence-corrected chi connectivity index (χ2v) is 4.46. The van der Waals surface area contributed by atoms with Gasteiger partial charge in [-0.3, -0.25) is 0 Å². The Kier molecular flexibility index (Phi) is 3.63. The summed E-state index contributed by atoms with van der Waals surface area (Å²) in [7, 11) is 1.81. The number of halogens is 3. The van der Waals surface area contributed by atoms with E-state index in [1.54, 1.807) is 17.0 Å². The van der Waals surface area contributed by atoms with Crippen LogP contribution in [0.3, 0.4) is 0 Å². The van der Waals surface area contributed by atoms with Crippen molar-refractivity contribution in [3.63, 3.8) is 0 Å². The summed E-state index contributed by atoms with van der Waals surface area (Å²) in [6.45, 7) is 0. The SMILES string of the molecule is Cn1ccnc1CC(N)c1cc(F)c(Cl)cc1F. The van der Waals surface area contributed by atoms with E-state index in [9.17, 15) is 8.78 Å². The minimum atomic E-state index is -0.677. The summed E-state index contributed by atoms with van der Waals surface area (Å²) >= 11 is 5.49. The lowest BCUT2D eigenvalue weighted by Gasteiger charge is -2.13. The Balaban J connectivity index is 2.26. The lowest BCUT2D eigenvalue weighted by Crippen LogP contribution is -2.17.